The lowest BCUT2D eigenvalue weighted by atomic mass is 10.1. The van der Waals surface area contributed by atoms with Crippen LogP contribution in [-0.2, 0) is 9.59 Å². The van der Waals surface area contributed by atoms with Crippen LogP contribution in [0.2, 0.25) is 0 Å². The van der Waals surface area contributed by atoms with Gasteiger partial charge < -0.3 is 10.6 Å². The largest absolute Gasteiger partial charge is 0.385 e. The molecule has 3 N–H and O–H groups in total. The van der Waals surface area contributed by atoms with E-state index in [9.17, 15) is 14.4 Å². The standard InChI is InChI=1S/C14H17N3O3/c1-2-15-10-5-3-9(4-6-10)13(19)16-11-7-8-12(18)17-14(11)20/h3-6,11,15H,2,7-8H2,1H3,(H,16,19)(H,17,18,20). The number of carbonyl (C=O) groups is 3. The van der Waals surface area contributed by atoms with E-state index in [4.69, 9.17) is 0 Å². The van der Waals surface area contributed by atoms with Crippen molar-refractivity contribution in [1.29, 1.82) is 0 Å². The Hall–Kier alpha value is -2.37. The van der Waals surface area contributed by atoms with Gasteiger partial charge in [-0.25, -0.2) is 0 Å². The van der Waals surface area contributed by atoms with Crippen LogP contribution in [0.25, 0.3) is 0 Å². The zero-order valence-corrected chi connectivity index (χ0v) is 11.2. The van der Waals surface area contributed by atoms with E-state index in [1.807, 2.05) is 19.1 Å². The number of carbonyl (C=O) groups excluding carboxylic acids is 3. The zero-order valence-electron chi connectivity index (χ0n) is 11.2. The third kappa shape index (κ3) is 3.34. The molecule has 0 bridgehead atoms. The van der Waals surface area contributed by atoms with E-state index in [0.717, 1.165) is 12.2 Å². The Balaban J connectivity index is 1.97. The van der Waals surface area contributed by atoms with Gasteiger partial charge in [-0.05, 0) is 37.6 Å². The Morgan fingerprint density at radius 3 is 2.60 bits per heavy atom. The minimum absolute atomic E-state index is 0.246. The van der Waals surface area contributed by atoms with Crippen molar-refractivity contribution < 1.29 is 14.4 Å². The average molecular weight is 275 g/mol. The zero-order chi connectivity index (χ0) is 14.5. The van der Waals surface area contributed by atoms with Gasteiger partial charge in [0, 0.05) is 24.2 Å². The first kappa shape index (κ1) is 14.0. The molecule has 20 heavy (non-hydrogen) atoms. The van der Waals surface area contributed by atoms with Crippen LogP contribution in [0.1, 0.15) is 30.1 Å². The highest BCUT2D eigenvalue weighted by Gasteiger charge is 2.27. The van der Waals surface area contributed by atoms with Crippen molar-refractivity contribution in [3.8, 4) is 0 Å². The van der Waals surface area contributed by atoms with Crippen molar-refractivity contribution in [2.24, 2.45) is 0 Å². The molecule has 1 atom stereocenters. The summed E-state index contributed by atoms with van der Waals surface area (Å²) in [7, 11) is 0. The maximum atomic E-state index is 12.0. The Morgan fingerprint density at radius 1 is 1.30 bits per heavy atom. The first-order valence-electron chi connectivity index (χ1n) is 6.58. The lowest BCUT2D eigenvalue weighted by molar-refractivity contribution is -0.134. The third-order valence-corrected chi connectivity index (χ3v) is 3.07. The van der Waals surface area contributed by atoms with Crippen LogP contribution < -0.4 is 16.0 Å². The van der Waals surface area contributed by atoms with Gasteiger partial charge in [-0.15, -0.1) is 0 Å². The number of rotatable bonds is 4. The Kier molecular flexibility index (Phi) is 4.34. The van der Waals surface area contributed by atoms with Crippen LogP contribution in [0.3, 0.4) is 0 Å². The van der Waals surface area contributed by atoms with Crippen molar-refractivity contribution in [2.45, 2.75) is 25.8 Å². The van der Waals surface area contributed by atoms with Crippen LogP contribution in [0.5, 0.6) is 0 Å². The van der Waals surface area contributed by atoms with Crippen LogP contribution in [-0.4, -0.2) is 30.3 Å². The minimum atomic E-state index is -0.645. The van der Waals surface area contributed by atoms with Crippen LogP contribution >= 0.6 is 0 Å². The third-order valence-electron chi connectivity index (χ3n) is 3.07. The highest BCUT2D eigenvalue weighted by molar-refractivity contribution is 6.03. The molecule has 6 nitrogen and oxygen atoms in total. The fourth-order valence-electron chi connectivity index (χ4n) is 2.02. The number of hydrogen-bond donors (Lipinski definition) is 3. The highest BCUT2D eigenvalue weighted by Crippen LogP contribution is 2.10. The molecule has 0 spiro atoms. The summed E-state index contributed by atoms with van der Waals surface area (Å²) in [5, 5.41) is 7.98. The Bertz CT molecular complexity index is 525. The molecular formula is C14H17N3O3. The molecule has 1 aliphatic heterocycles. The van der Waals surface area contributed by atoms with E-state index in [1.165, 1.54) is 0 Å². The summed E-state index contributed by atoms with van der Waals surface area (Å²) in [6.45, 7) is 2.80. The van der Waals surface area contributed by atoms with E-state index in [1.54, 1.807) is 12.1 Å². The van der Waals surface area contributed by atoms with Crippen molar-refractivity contribution in [3.63, 3.8) is 0 Å². The second kappa shape index (κ2) is 6.18. The molecule has 1 unspecified atom stereocenters. The molecule has 0 aliphatic carbocycles. The lowest BCUT2D eigenvalue weighted by Gasteiger charge is -2.21. The molecule has 1 saturated heterocycles. The summed E-state index contributed by atoms with van der Waals surface area (Å²) in [6, 6.07) is 6.36. The van der Waals surface area contributed by atoms with Gasteiger partial charge in [0.2, 0.25) is 11.8 Å². The SMILES string of the molecule is CCNc1ccc(C(=O)NC2CCC(=O)NC2=O)cc1. The van der Waals surface area contributed by atoms with Crippen LogP contribution in [0.15, 0.2) is 24.3 Å². The second-order valence-electron chi connectivity index (χ2n) is 4.58. The van der Waals surface area contributed by atoms with Crippen molar-refractivity contribution in [3.05, 3.63) is 29.8 Å². The molecule has 0 radical (unpaired) electrons. The van der Waals surface area contributed by atoms with Gasteiger partial charge in [0.1, 0.15) is 6.04 Å². The summed E-state index contributed by atoms with van der Waals surface area (Å²) in [6.07, 6.45) is 0.585. The molecule has 106 valence electrons. The molecule has 2 rings (SSSR count). The van der Waals surface area contributed by atoms with E-state index in [-0.39, 0.29) is 18.2 Å². The highest BCUT2D eigenvalue weighted by atomic mass is 16.2. The molecule has 1 aromatic carbocycles. The van der Waals surface area contributed by atoms with E-state index < -0.39 is 11.9 Å². The lowest BCUT2D eigenvalue weighted by Crippen LogP contribution is -2.52. The summed E-state index contributed by atoms with van der Waals surface area (Å²) < 4.78 is 0. The topological polar surface area (TPSA) is 87.3 Å². The minimum Gasteiger partial charge on any atom is -0.385 e. The maximum Gasteiger partial charge on any atom is 0.251 e. The van der Waals surface area contributed by atoms with Gasteiger partial charge in [-0.1, -0.05) is 0 Å². The van der Waals surface area contributed by atoms with Crippen molar-refractivity contribution in [1.82, 2.24) is 10.6 Å². The van der Waals surface area contributed by atoms with E-state index >= 15 is 0 Å². The summed E-state index contributed by atoms with van der Waals surface area (Å²) >= 11 is 0. The number of imide groups is 1. The van der Waals surface area contributed by atoms with Gasteiger partial charge in [-0.2, -0.15) is 0 Å². The Labute approximate surface area is 116 Å². The normalized spacial score (nSPS) is 18.4. The van der Waals surface area contributed by atoms with Gasteiger partial charge in [0.25, 0.3) is 5.91 Å². The van der Waals surface area contributed by atoms with Gasteiger partial charge in [0.15, 0.2) is 0 Å². The van der Waals surface area contributed by atoms with Crippen molar-refractivity contribution >= 4 is 23.4 Å². The molecule has 1 aromatic rings. The fourth-order valence-corrected chi connectivity index (χ4v) is 2.02. The number of anilines is 1. The monoisotopic (exact) mass is 275 g/mol. The number of nitrogens with one attached hydrogen (secondary N) is 3. The Morgan fingerprint density at radius 2 is 2.00 bits per heavy atom. The second-order valence-corrected chi connectivity index (χ2v) is 4.58. The molecule has 1 aliphatic rings. The van der Waals surface area contributed by atoms with Crippen LogP contribution in [0.4, 0.5) is 5.69 Å². The number of hydrogen-bond acceptors (Lipinski definition) is 4. The quantitative estimate of drug-likeness (QED) is 0.704. The molecule has 0 aromatic heterocycles. The predicted molar refractivity (Wildman–Crippen MR) is 74.2 cm³/mol. The first-order valence-corrected chi connectivity index (χ1v) is 6.58. The number of benzene rings is 1. The van der Waals surface area contributed by atoms with Gasteiger partial charge >= 0.3 is 0 Å². The van der Waals surface area contributed by atoms with E-state index in [2.05, 4.69) is 16.0 Å². The average Bonchev–Trinajstić information content (AvgIpc) is 2.43. The summed E-state index contributed by atoms with van der Waals surface area (Å²) in [4.78, 5) is 34.6. The smallest absolute Gasteiger partial charge is 0.251 e. The molecule has 1 fully saturated rings. The fraction of sp³-hybridized carbons (Fsp3) is 0.357. The molecule has 0 saturated carbocycles. The summed E-state index contributed by atoms with van der Waals surface area (Å²) in [5.74, 6) is -1.06. The van der Waals surface area contributed by atoms with Crippen LogP contribution in [0, 0.1) is 0 Å². The first-order chi connectivity index (χ1) is 9.60. The number of piperidine rings is 1. The van der Waals surface area contributed by atoms with Gasteiger partial charge in [0.05, 0.1) is 0 Å². The molecular weight excluding hydrogens is 258 g/mol. The molecule has 6 heteroatoms. The van der Waals surface area contributed by atoms with Crippen molar-refractivity contribution in [2.75, 3.05) is 11.9 Å². The van der Waals surface area contributed by atoms with E-state index in [0.29, 0.717) is 12.0 Å². The predicted octanol–water partition coefficient (Wildman–Crippen LogP) is 0.653. The maximum absolute atomic E-state index is 12.0. The molecule has 1 heterocycles. The summed E-state index contributed by atoms with van der Waals surface area (Å²) in [5.41, 5.74) is 1.42. The van der Waals surface area contributed by atoms with Gasteiger partial charge in [-0.3, -0.25) is 19.7 Å². The molecule has 3 amide bonds. The number of amides is 3.